The zero-order valence-corrected chi connectivity index (χ0v) is 13.8. The van der Waals surface area contributed by atoms with E-state index in [0.29, 0.717) is 41.5 Å². The highest BCUT2D eigenvalue weighted by atomic mass is 35.5. The minimum absolute atomic E-state index is 0.355. The van der Waals surface area contributed by atoms with Crippen molar-refractivity contribution < 1.29 is 8.42 Å². The zero-order valence-electron chi connectivity index (χ0n) is 12.2. The van der Waals surface area contributed by atoms with E-state index in [1.807, 2.05) is 0 Å². The molecule has 0 amide bonds. The number of halogens is 1. The van der Waals surface area contributed by atoms with Gasteiger partial charge in [0.25, 0.3) is 0 Å². The highest BCUT2D eigenvalue weighted by Crippen LogP contribution is 2.27. The number of benzene rings is 1. The van der Waals surface area contributed by atoms with Gasteiger partial charge in [-0.2, -0.15) is 4.31 Å². The van der Waals surface area contributed by atoms with Crippen LogP contribution in [0, 0.1) is 5.92 Å². The number of hydrogen-bond acceptors (Lipinski definition) is 3. The van der Waals surface area contributed by atoms with Crippen molar-refractivity contribution in [3.8, 4) is 0 Å². The lowest BCUT2D eigenvalue weighted by molar-refractivity contribution is 0.464. The van der Waals surface area contributed by atoms with Crippen molar-refractivity contribution in [2.24, 2.45) is 5.92 Å². The molecule has 1 saturated heterocycles. The van der Waals surface area contributed by atoms with Crippen LogP contribution in [-0.2, 0) is 16.6 Å². The molecule has 6 heteroatoms. The van der Waals surface area contributed by atoms with Crippen LogP contribution < -0.4 is 5.32 Å². The van der Waals surface area contributed by atoms with Gasteiger partial charge in [-0.25, -0.2) is 8.42 Å². The van der Waals surface area contributed by atoms with E-state index in [4.69, 9.17) is 11.6 Å². The molecular formula is C15H21ClN2O2S. The first-order valence-electron chi connectivity index (χ1n) is 7.49. The van der Waals surface area contributed by atoms with E-state index in [1.165, 1.54) is 12.8 Å². The molecule has 2 aliphatic rings. The molecule has 0 bridgehead atoms. The fourth-order valence-corrected chi connectivity index (χ4v) is 4.46. The summed E-state index contributed by atoms with van der Waals surface area (Å²) in [7, 11) is -3.39. The van der Waals surface area contributed by atoms with Gasteiger partial charge in [0.05, 0.1) is 4.90 Å². The normalized spacial score (nSPS) is 23.6. The summed E-state index contributed by atoms with van der Waals surface area (Å²) >= 11 is 6.18. The SMILES string of the molecule is CC1CCN(S(=O)(=O)c2ccc(Cl)c(CNC3CC3)c2)C1. The molecular weight excluding hydrogens is 308 g/mol. The van der Waals surface area contributed by atoms with Gasteiger partial charge in [0.1, 0.15) is 0 Å². The Morgan fingerprint density at radius 2 is 2.10 bits per heavy atom. The lowest BCUT2D eigenvalue weighted by Gasteiger charge is -2.17. The minimum atomic E-state index is -3.39. The number of rotatable bonds is 5. The summed E-state index contributed by atoms with van der Waals surface area (Å²) in [4.78, 5) is 0.355. The van der Waals surface area contributed by atoms with E-state index >= 15 is 0 Å². The summed E-state index contributed by atoms with van der Waals surface area (Å²) in [6, 6.07) is 5.59. The van der Waals surface area contributed by atoms with Gasteiger partial charge in [0, 0.05) is 30.7 Å². The Morgan fingerprint density at radius 3 is 2.71 bits per heavy atom. The molecule has 1 heterocycles. The topological polar surface area (TPSA) is 49.4 Å². The van der Waals surface area contributed by atoms with Crippen LogP contribution in [0.2, 0.25) is 5.02 Å². The van der Waals surface area contributed by atoms with E-state index in [0.717, 1.165) is 12.0 Å². The van der Waals surface area contributed by atoms with Crippen LogP contribution >= 0.6 is 11.6 Å². The van der Waals surface area contributed by atoms with Gasteiger partial charge in [-0.15, -0.1) is 0 Å². The van der Waals surface area contributed by atoms with Crippen LogP contribution in [0.15, 0.2) is 23.1 Å². The highest BCUT2D eigenvalue weighted by molar-refractivity contribution is 7.89. The van der Waals surface area contributed by atoms with Crippen molar-refractivity contribution in [2.75, 3.05) is 13.1 Å². The first kappa shape index (κ1) is 15.3. The van der Waals surface area contributed by atoms with Gasteiger partial charge in [0.15, 0.2) is 0 Å². The van der Waals surface area contributed by atoms with Crippen molar-refractivity contribution in [2.45, 2.75) is 43.7 Å². The summed E-state index contributed by atoms with van der Waals surface area (Å²) in [5.41, 5.74) is 0.858. The fourth-order valence-electron chi connectivity index (χ4n) is 2.65. The Morgan fingerprint density at radius 1 is 1.33 bits per heavy atom. The van der Waals surface area contributed by atoms with Gasteiger partial charge in [0.2, 0.25) is 10.0 Å². The smallest absolute Gasteiger partial charge is 0.243 e. The zero-order chi connectivity index (χ0) is 15.0. The van der Waals surface area contributed by atoms with Gasteiger partial charge in [-0.3, -0.25) is 0 Å². The Hall–Kier alpha value is -0.620. The average Bonchev–Trinajstić information content (AvgIpc) is 3.17. The minimum Gasteiger partial charge on any atom is -0.310 e. The van der Waals surface area contributed by atoms with Crippen LogP contribution in [0.4, 0.5) is 0 Å². The molecule has 21 heavy (non-hydrogen) atoms. The molecule has 3 rings (SSSR count). The number of hydrogen-bond donors (Lipinski definition) is 1. The molecule has 1 atom stereocenters. The second-order valence-corrected chi connectivity index (χ2v) is 8.51. The molecule has 1 aromatic carbocycles. The molecule has 1 unspecified atom stereocenters. The Labute approximate surface area is 131 Å². The maximum Gasteiger partial charge on any atom is 0.243 e. The molecule has 2 fully saturated rings. The van der Waals surface area contributed by atoms with Crippen molar-refractivity contribution in [1.29, 1.82) is 0 Å². The van der Waals surface area contributed by atoms with Crippen molar-refractivity contribution >= 4 is 21.6 Å². The second kappa shape index (κ2) is 5.88. The quantitative estimate of drug-likeness (QED) is 0.904. The standard InChI is InChI=1S/C15H21ClN2O2S/c1-11-6-7-18(10-11)21(19,20)14-4-5-15(16)12(8-14)9-17-13-2-3-13/h4-5,8,11,13,17H,2-3,6-7,9-10H2,1H3. The first-order valence-corrected chi connectivity index (χ1v) is 9.30. The van der Waals surface area contributed by atoms with Crippen LogP contribution in [-0.4, -0.2) is 31.9 Å². The maximum atomic E-state index is 12.7. The second-order valence-electron chi connectivity index (χ2n) is 6.17. The lowest BCUT2D eigenvalue weighted by atomic mass is 10.2. The molecule has 1 aliphatic carbocycles. The van der Waals surface area contributed by atoms with Crippen molar-refractivity contribution in [3.05, 3.63) is 28.8 Å². The maximum absolute atomic E-state index is 12.7. The third-order valence-electron chi connectivity index (χ3n) is 4.20. The third-order valence-corrected chi connectivity index (χ3v) is 6.43. The Balaban J connectivity index is 1.81. The van der Waals surface area contributed by atoms with E-state index < -0.39 is 10.0 Å². The predicted octanol–water partition coefficient (Wildman–Crippen LogP) is 2.62. The summed E-state index contributed by atoms with van der Waals surface area (Å²) < 4.78 is 26.9. The van der Waals surface area contributed by atoms with Gasteiger partial charge < -0.3 is 5.32 Å². The number of nitrogens with one attached hydrogen (secondary N) is 1. The highest BCUT2D eigenvalue weighted by Gasteiger charge is 2.31. The van der Waals surface area contributed by atoms with Crippen LogP contribution in [0.3, 0.4) is 0 Å². The Bertz CT molecular complexity index is 629. The molecule has 0 aromatic heterocycles. The van der Waals surface area contributed by atoms with Crippen LogP contribution in [0.25, 0.3) is 0 Å². The molecule has 0 radical (unpaired) electrons. The molecule has 116 valence electrons. The van der Waals surface area contributed by atoms with Crippen molar-refractivity contribution in [1.82, 2.24) is 9.62 Å². The van der Waals surface area contributed by atoms with E-state index in [9.17, 15) is 8.42 Å². The first-order chi connectivity index (χ1) is 9.96. The van der Waals surface area contributed by atoms with E-state index in [2.05, 4.69) is 12.2 Å². The molecule has 4 nitrogen and oxygen atoms in total. The molecule has 1 aromatic rings. The third kappa shape index (κ3) is 3.42. The van der Waals surface area contributed by atoms with E-state index in [-0.39, 0.29) is 0 Å². The fraction of sp³-hybridized carbons (Fsp3) is 0.600. The van der Waals surface area contributed by atoms with Crippen LogP contribution in [0.1, 0.15) is 31.7 Å². The Kier molecular flexibility index (Phi) is 4.28. The summed E-state index contributed by atoms with van der Waals surface area (Å²) in [6.45, 7) is 3.94. The number of sulfonamides is 1. The van der Waals surface area contributed by atoms with Gasteiger partial charge in [-0.05, 0) is 48.9 Å². The summed E-state index contributed by atoms with van der Waals surface area (Å²) in [6.07, 6.45) is 3.32. The molecule has 1 aliphatic heterocycles. The molecule has 1 saturated carbocycles. The van der Waals surface area contributed by atoms with Crippen molar-refractivity contribution in [3.63, 3.8) is 0 Å². The number of nitrogens with zero attached hydrogens (tertiary/aromatic N) is 1. The molecule has 1 N–H and O–H groups in total. The van der Waals surface area contributed by atoms with Gasteiger partial charge in [-0.1, -0.05) is 18.5 Å². The lowest BCUT2D eigenvalue weighted by Crippen LogP contribution is -2.28. The van der Waals surface area contributed by atoms with E-state index in [1.54, 1.807) is 22.5 Å². The van der Waals surface area contributed by atoms with Gasteiger partial charge >= 0.3 is 0 Å². The summed E-state index contributed by atoms with van der Waals surface area (Å²) in [5, 5.41) is 4.00. The average molecular weight is 329 g/mol. The molecule has 0 spiro atoms. The predicted molar refractivity (Wildman–Crippen MR) is 83.9 cm³/mol. The monoisotopic (exact) mass is 328 g/mol. The van der Waals surface area contributed by atoms with Crippen LogP contribution in [0.5, 0.6) is 0 Å². The largest absolute Gasteiger partial charge is 0.310 e. The summed E-state index contributed by atoms with van der Waals surface area (Å²) in [5.74, 6) is 0.433.